The minimum atomic E-state index is -4.23. The first-order valence-electron chi connectivity index (χ1n) is 6.37. The summed E-state index contributed by atoms with van der Waals surface area (Å²) in [6.45, 7) is 0.250. The number of amides is 1. The molecule has 20 heavy (non-hydrogen) atoms. The maximum Gasteiger partial charge on any atom is 0.396 e. The van der Waals surface area contributed by atoms with Gasteiger partial charge in [0.2, 0.25) is 0 Å². The summed E-state index contributed by atoms with van der Waals surface area (Å²) < 4.78 is 39.3. The van der Waals surface area contributed by atoms with E-state index >= 15 is 0 Å². The van der Waals surface area contributed by atoms with Crippen LogP contribution in [0.5, 0.6) is 0 Å². The van der Waals surface area contributed by atoms with E-state index in [1.807, 2.05) is 0 Å². The summed E-state index contributed by atoms with van der Waals surface area (Å²) in [7, 11) is 0. The van der Waals surface area contributed by atoms with Crippen LogP contribution in [-0.4, -0.2) is 36.7 Å². The van der Waals surface area contributed by atoms with Gasteiger partial charge in [-0.25, -0.2) is 0 Å². The van der Waals surface area contributed by atoms with Gasteiger partial charge in [-0.05, 0) is 18.6 Å². The van der Waals surface area contributed by atoms with E-state index in [0.29, 0.717) is 0 Å². The van der Waals surface area contributed by atoms with Gasteiger partial charge in [-0.15, -0.1) is 0 Å². The zero-order chi connectivity index (χ0) is 14.4. The van der Waals surface area contributed by atoms with Crippen molar-refractivity contribution in [1.82, 2.24) is 15.6 Å². The van der Waals surface area contributed by atoms with Crippen LogP contribution in [0.15, 0.2) is 24.4 Å². The third kappa shape index (κ3) is 1.80. The molecule has 1 saturated heterocycles. The van der Waals surface area contributed by atoms with Gasteiger partial charge in [0.15, 0.2) is 0 Å². The number of fused-ring (bicyclic) bond motifs is 1. The summed E-state index contributed by atoms with van der Waals surface area (Å²) in [6.07, 6.45) is -2.67. The minimum Gasteiger partial charge on any atom is -0.350 e. The monoisotopic (exact) mass is 285 g/mol. The number of piperidine rings is 1. The Balaban J connectivity index is 1.67. The maximum absolute atomic E-state index is 13.1. The van der Waals surface area contributed by atoms with E-state index < -0.39 is 22.9 Å². The molecule has 0 spiro atoms. The molecule has 3 rings (SSSR count). The Morgan fingerprint density at radius 1 is 1.40 bits per heavy atom. The molecule has 0 unspecified atom stereocenters. The second-order valence-corrected chi connectivity index (χ2v) is 5.54. The Kier molecular flexibility index (Phi) is 2.79. The lowest BCUT2D eigenvalue weighted by Gasteiger charge is -2.20. The summed E-state index contributed by atoms with van der Waals surface area (Å²) in [6, 6.07) is 4.87. The van der Waals surface area contributed by atoms with E-state index in [1.54, 1.807) is 12.1 Å². The van der Waals surface area contributed by atoms with E-state index in [-0.39, 0.29) is 31.7 Å². The van der Waals surface area contributed by atoms with Gasteiger partial charge < -0.3 is 10.6 Å². The number of hydrogen-bond acceptors (Lipinski definition) is 3. The number of halogens is 3. The van der Waals surface area contributed by atoms with Crippen LogP contribution in [0.25, 0.3) is 0 Å². The number of alkyl halides is 3. The molecule has 1 aromatic rings. The molecule has 2 aliphatic rings. The lowest BCUT2D eigenvalue weighted by atomic mass is 9.95. The van der Waals surface area contributed by atoms with Crippen molar-refractivity contribution >= 4 is 5.91 Å². The van der Waals surface area contributed by atoms with Gasteiger partial charge in [0.05, 0.1) is 5.41 Å². The fourth-order valence-corrected chi connectivity index (χ4v) is 3.16. The first-order chi connectivity index (χ1) is 9.40. The largest absolute Gasteiger partial charge is 0.396 e. The Labute approximate surface area is 113 Å². The molecule has 1 aliphatic heterocycles. The van der Waals surface area contributed by atoms with Crippen molar-refractivity contribution < 1.29 is 18.0 Å². The molecule has 1 aliphatic carbocycles. The summed E-state index contributed by atoms with van der Waals surface area (Å²) in [5.41, 5.74) is -2.35. The molecule has 0 aromatic carbocycles. The number of nitrogens with one attached hydrogen (secondary N) is 2. The quantitative estimate of drug-likeness (QED) is 0.881. The predicted molar refractivity (Wildman–Crippen MR) is 65.0 cm³/mol. The average Bonchev–Trinajstić information content (AvgIpc) is 2.94. The fourth-order valence-electron chi connectivity index (χ4n) is 3.16. The normalized spacial score (nSPS) is 31.8. The van der Waals surface area contributed by atoms with E-state index in [1.165, 1.54) is 12.3 Å². The Hall–Kier alpha value is -1.63. The smallest absolute Gasteiger partial charge is 0.350 e. The second kappa shape index (κ2) is 4.18. The van der Waals surface area contributed by atoms with Gasteiger partial charge >= 0.3 is 6.18 Å². The predicted octanol–water partition coefficient (Wildman–Crippen LogP) is 1.35. The zero-order valence-corrected chi connectivity index (χ0v) is 10.6. The minimum absolute atomic E-state index is 0.0227. The van der Waals surface area contributed by atoms with Crippen molar-refractivity contribution in [1.29, 1.82) is 0 Å². The third-order valence-electron chi connectivity index (χ3n) is 4.45. The van der Waals surface area contributed by atoms with Crippen LogP contribution in [0.2, 0.25) is 0 Å². The molecule has 1 aromatic heterocycles. The topological polar surface area (TPSA) is 54.0 Å². The molecule has 4 nitrogen and oxygen atoms in total. The Morgan fingerprint density at radius 3 is 2.80 bits per heavy atom. The van der Waals surface area contributed by atoms with Crippen LogP contribution < -0.4 is 10.6 Å². The van der Waals surface area contributed by atoms with Gasteiger partial charge in [0, 0.05) is 31.2 Å². The van der Waals surface area contributed by atoms with Crippen molar-refractivity contribution in [3.63, 3.8) is 0 Å². The van der Waals surface area contributed by atoms with Crippen molar-refractivity contribution in [3.8, 4) is 0 Å². The molecule has 0 bridgehead atoms. The third-order valence-corrected chi connectivity index (χ3v) is 4.45. The SMILES string of the molecule is O=C(NC[C@]12CNC[C@@]1(C(F)(F)F)C2)c1ccccn1. The lowest BCUT2D eigenvalue weighted by molar-refractivity contribution is -0.190. The van der Waals surface area contributed by atoms with E-state index in [2.05, 4.69) is 15.6 Å². The molecule has 2 atom stereocenters. The molecule has 1 saturated carbocycles. The highest BCUT2D eigenvalue weighted by molar-refractivity contribution is 5.92. The molecule has 2 heterocycles. The van der Waals surface area contributed by atoms with Gasteiger partial charge in [0.1, 0.15) is 5.69 Å². The van der Waals surface area contributed by atoms with Crippen molar-refractivity contribution in [2.45, 2.75) is 12.6 Å². The first kappa shape index (κ1) is 13.4. The van der Waals surface area contributed by atoms with Crippen LogP contribution in [0.4, 0.5) is 13.2 Å². The second-order valence-electron chi connectivity index (χ2n) is 5.54. The number of rotatable bonds is 3. The Bertz CT molecular complexity index is 533. The highest BCUT2D eigenvalue weighted by Crippen LogP contribution is 2.72. The van der Waals surface area contributed by atoms with Crippen LogP contribution in [0.3, 0.4) is 0 Å². The van der Waals surface area contributed by atoms with Crippen molar-refractivity contribution in [2.75, 3.05) is 19.6 Å². The molecular weight excluding hydrogens is 271 g/mol. The van der Waals surface area contributed by atoms with Crippen molar-refractivity contribution in [3.05, 3.63) is 30.1 Å². The number of nitrogens with zero attached hydrogens (tertiary/aromatic N) is 1. The molecule has 2 N–H and O–H groups in total. The highest BCUT2D eigenvalue weighted by atomic mass is 19.4. The molecule has 2 fully saturated rings. The van der Waals surface area contributed by atoms with Crippen LogP contribution in [0, 0.1) is 10.8 Å². The van der Waals surface area contributed by atoms with Gasteiger partial charge in [-0.1, -0.05) is 6.07 Å². The molecule has 0 radical (unpaired) electrons. The van der Waals surface area contributed by atoms with Gasteiger partial charge in [-0.2, -0.15) is 13.2 Å². The van der Waals surface area contributed by atoms with E-state index in [9.17, 15) is 18.0 Å². The first-order valence-corrected chi connectivity index (χ1v) is 6.37. The summed E-state index contributed by atoms with van der Waals surface area (Å²) in [4.78, 5) is 15.7. The van der Waals surface area contributed by atoms with Crippen LogP contribution in [-0.2, 0) is 0 Å². The van der Waals surface area contributed by atoms with Crippen LogP contribution >= 0.6 is 0 Å². The van der Waals surface area contributed by atoms with E-state index in [4.69, 9.17) is 0 Å². The number of aromatic nitrogens is 1. The summed E-state index contributed by atoms with van der Waals surface area (Å²) in [5, 5.41) is 5.37. The van der Waals surface area contributed by atoms with Crippen molar-refractivity contribution in [2.24, 2.45) is 10.8 Å². The summed E-state index contributed by atoms with van der Waals surface area (Å²) >= 11 is 0. The van der Waals surface area contributed by atoms with Gasteiger partial charge in [0.25, 0.3) is 5.91 Å². The van der Waals surface area contributed by atoms with Crippen LogP contribution in [0.1, 0.15) is 16.9 Å². The standard InChI is InChI=1S/C13H14F3N3O/c14-13(15,16)12-5-11(12,6-17-8-12)7-19-10(20)9-3-1-2-4-18-9/h1-4,17H,5-8H2,(H,19,20)/t11-,12-/m0/s1. The summed E-state index contributed by atoms with van der Waals surface area (Å²) in [5.74, 6) is -0.435. The fraction of sp³-hybridized carbons (Fsp3) is 0.538. The highest BCUT2D eigenvalue weighted by Gasteiger charge is 2.81. The molecular formula is C13H14F3N3O. The molecule has 7 heteroatoms. The number of hydrogen-bond donors (Lipinski definition) is 2. The number of carbonyl (C=O) groups is 1. The maximum atomic E-state index is 13.1. The average molecular weight is 285 g/mol. The molecule has 1 amide bonds. The van der Waals surface area contributed by atoms with E-state index in [0.717, 1.165) is 0 Å². The number of pyridine rings is 1. The Morgan fingerprint density at radius 2 is 2.20 bits per heavy atom. The molecule has 108 valence electrons. The zero-order valence-electron chi connectivity index (χ0n) is 10.6. The lowest BCUT2D eigenvalue weighted by Crippen LogP contribution is -2.37. The van der Waals surface area contributed by atoms with Gasteiger partial charge in [-0.3, -0.25) is 9.78 Å². The number of carbonyl (C=O) groups excluding carboxylic acids is 1.